The van der Waals surface area contributed by atoms with E-state index in [4.69, 9.17) is 4.74 Å². The number of aliphatic carboxylic acids is 1. The van der Waals surface area contributed by atoms with E-state index < -0.39 is 24.0 Å². The van der Waals surface area contributed by atoms with Crippen molar-refractivity contribution in [1.82, 2.24) is 10.6 Å². The van der Waals surface area contributed by atoms with Crippen molar-refractivity contribution < 1.29 is 24.2 Å². The third kappa shape index (κ3) is 5.73. The summed E-state index contributed by atoms with van der Waals surface area (Å²) in [6, 6.07) is 15.1. The van der Waals surface area contributed by atoms with Crippen LogP contribution in [0.4, 0.5) is 4.79 Å². The van der Waals surface area contributed by atoms with Gasteiger partial charge in [0.15, 0.2) is 0 Å². The van der Waals surface area contributed by atoms with Gasteiger partial charge in [0.05, 0.1) is 5.92 Å². The van der Waals surface area contributed by atoms with E-state index in [1.807, 2.05) is 37.3 Å². The first-order valence-electron chi connectivity index (χ1n) is 12.3. The van der Waals surface area contributed by atoms with Crippen LogP contribution in [0.2, 0.25) is 0 Å². The maximum Gasteiger partial charge on any atom is 0.407 e. The molecule has 7 heteroatoms. The number of carboxylic acid groups (broad SMARTS) is 1. The highest BCUT2D eigenvalue weighted by Crippen LogP contribution is 2.44. The number of amides is 2. The molecule has 2 aromatic rings. The van der Waals surface area contributed by atoms with Gasteiger partial charge in [-0.05, 0) is 41.5 Å². The molecule has 0 heterocycles. The second-order valence-corrected chi connectivity index (χ2v) is 9.21. The van der Waals surface area contributed by atoms with E-state index in [2.05, 4.69) is 34.9 Å². The number of carbonyl (C=O) groups excluding carboxylic acids is 2. The second-order valence-electron chi connectivity index (χ2n) is 9.21. The lowest BCUT2D eigenvalue weighted by Gasteiger charge is -2.25. The van der Waals surface area contributed by atoms with Crippen molar-refractivity contribution in [3.63, 3.8) is 0 Å². The number of carbonyl (C=O) groups is 3. The Morgan fingerprint density at radius 3 is 2.34 bits per heavy atom. The Hall–Kier alpha value is -3.61. The summed E-state index contributed by atoms with van der Waals surface area (Å²) in [5, 5.41) is 14.9. The molecule has 0 fully saturated rings. The molecule has 184 valence electrons. The number of fused-ring (bicyclic) bond motifs is 3. The zero-order valence-electron chi connectivity index (χ0n) is 19.9. The smallest absolute Gasteiger partial charge is 0.407 e. The Bertz CT molecular complexity index is 1070. The summed E-state index contributed by atoms with van der Waals surface area (Å²) in [5.41, 5.74) is 4.55. The Morgan fingerprint density at radius 1 is 1.06 bits per heavy atom. The van der Waals surface area contributed by atoms with Crippen LogP contribution in [-0.4, -0.2) is 41.8 Å². The fourth-order valence-electron chi connectivity index (χ4n) is 4.94. The molecule has 3 N–H and O–H groups in total. The second kappa shape index (κ2) is 11.2. The molecular formula is C28H32N2O5. The number of hydrogen-bond acceptors (Lipinski definition) is 4. The molecule has 0 saturated heterocycles. The molecule has 0 spiro atoms. The molecular weight excluding hydrogens is 444 g/mol. The molecule has 2 amide bonds. The summed E-state index contributed by atoms with van der Waals surface area (Å²) < 4.78 is 5.62. The van der Waals surface area contributed by atoms with Gasteiger partial charge >= 0.3 is 12.1 Å². The lowest BCUT2D eigenvalue weighted by atomic mass is 9.91. The van der Waals surface area contributed by atoms with Crippen LogP contribution in [-0.2, 0) is 14.3 Å². The molecule has 3 atom stereocenters. The van der Waals surface area contributed by atoms with Gasteiger partial charge < -0.3 is 20.5 Å². The average Bonchev–Trinajstić information content (AvgIpc) is 3.19. The minimum atomic E-state index is -0.868. The number of carboxylic acids is 1. The monoisotopic (exact) mass is 476 g/mol. The first kappa shape index (κ1) is 24.5. The molecule has 0 unspecified atom stereocenters. The average molecular weight is 477 g/mol. The van der Waals surface area contributed by atoms with Crippen molar-refractivity contribution in [1.29, 1.82) is 0 Å². The summed E-state index contributed by atoms with van der Waals surface area (Å²) in [4.78, 5) is 37.0. The first-order chi connectivity index (χ1) is 17.0. The third-order valence-electron chi connectivity index (χ3n) is 6.80. The van der Waals surface area contributed by atoms with Crippen LogP contribution in [0.25, 0.3) is 11.1 Å². The Balaban J connectivity index is 1.37. The van der Waals surface area contributed by atoms with Crippen molar-refractivity contribution in [3.05, 3.63) is 71.8 Å². The van der Waals surface area contributed by atoms with Gasteiger partial charge in [-0.1, -0.05) is 80.4 Å². The lowest BCUT2D eigenvalue weighted by Crippen LogP contribution is -2.50. The van der Waals surface area contributed by atoms with Crippen LogP contribution in [0, 0.1) is 5.92 Å². The van der Waals surface area contributed by atoms with Crippen LogP contribution in [0.3, 0.4) is 0 Å². The number of rotatable bonds is 9. The molecule has 7 nitrogen and oxygen atoms in total. The van der Waals surface area contributed by atoms with Gasteiger partial charge in [-0.25, -0.2) is 4.79 Å². The van der Waals surface area contributed by atoms with Crippen LogP contribution in [0.15, 0.2) is 60.7 Å². The Kier molecular flexibility index (Phi) is 7.85. The molecule has 2 aliphatic rings. The quantitative estimate of drug-likeness (QED) is 0.458. The number of ether oxygens (including phenoxy) is 1. The van der Waals surface area contributed by atoms with Crippen LogP contribution >= 0.6 is 0 Å². The zero-order chi connectivity index (χ0) is 24.8. The normalized spacial score (nSPS) is 19.3. The molecule has 0 aromatic heterocycles. The van der Waals surface area contributed by atoms with E-state index in [9.17, 15) is 19.5 Å². The van der Waals surface area contributed by atoms with Gasteiger partial charge in [0.2, 0.25) is 5.91 Å². The number of allylic oxidation sites excluding steroid dienone is 1. The molecule has 0 aliphatic heterocycles. The van der Waals surface area contributed by atoms with E-state index in [1.165, 1.54) is 0 Å². The van der Waals surface area contributed by atoms with Crippen molar-refractivity contribution in [3.8, 4) is 11.1 Å². The van der Waals surface area contributed by atoms with E-state index in [0.717, 1.165) is 35.1 Å². The number of benzene rings is 2. The van der Waals surface area contributed by atoms with Gasteiger partial charge in [-0.2, -0.15) is 0 Å². The molecule has 35 heavy (non-hydrogen) atoms. The largest absolute Gasteiger partial charge is 0.481 e. The molecule has 0 radical (unpaired) electrons. The molecule has 2 aromatic carbocycles. The summed E-state index contributed by atoms with van der Waals surface area (Å²) in [6.07, 6.45) is 5.88. The van der Waals surface area contributed by atoms with Crippen molar-refractivity contribution in [2.45, 2.75) is 57.0 Å². The Labute approximate surface area is 205 Å². The summed E-state index contributed by atoms with van der Waals surface area (Å²) in [7, 11) is 0. The highest BCUT2D eigenvalue weighted by molar-refractivity contribution is 5.86. The van der Waals surface area contributed by atoms with E-state index in [1.54, 1.807) is 6.08 Å². The predicted octanol–water partition coefficient (Wildman–Crippen LogP) is 4.62. The summed E-state index contributed by atoms with van der Waals surface area (Å²) in [5.74, 6) is -1.77. The van der Waals surface area contributed by atoms with Gasteiger partial charge in [-0.15, -0.1) is 0 Å². The van der Waals surface area contributed by atoms with E-state index in [0.29, 0.717) is 19.3 Å². The minimum absolute atomic E-state index is 0.0589. The number of hydrogen-bond donors (Lipinski definition) is 3. The maximum absolute atomic E-state index is 13.0. The van der Waals surface area contributed by atoms with Crippen LogP contribution < -0.4 is 10.6 Å². The van der Waals surface area contributed by atoms with Crippen molar-refractivity contribution in [2.75, 3.05) is 6.61 Å². The summed E-state index contributed by atoms with van der Waals surface area (Å²) in [6.45, 7) is 2.19. The fourth-order valence-corrected chi connectivity index (χ4v) is 4.94. The number of unbranched alkanes of at least 4 members (excludes halogenated alkanes) is 1. The van der Waals surface area contributed by atoms with E-state index in [-0.39, 0.29) is 24.5 Å². The number of alkyl carbamates (subject to hydrolysis) is 1. The molecule has 0 saturated carbocycles. The standard InChI is InChI=1S/C28H32N2O5/c1-2-3-15-25(26(31)29-19-10-8-9-18(16-19)27(32)33)30-28(34)35-17-24-22-13-6-4-11-20(22)21-12-5-7-14-23(21)24/h4-8,10-14,18-19,24-25H,2-3,9,15-17H2,1H3,(H,29,31)(H,30,34)(H,32,33)/t18-,19-,25-/m0/s1. The maximum atomic E-state index is 13.0. The molecule has 2 aliphatic carbocycles. The Morgan fingerprint density at radius 2 is 1.71 bits per heavy atom. The van der Waals surface area contributed by atoms with Gasteiger partial charge in [-0.3, -0.25) is 9.59 Å². The third-order valence-corrected chi connectivity index (χ3v) is 6.80. The van der Waals surface area contributed by atoms with E-state index >= 15 is 0 Å². The highest BCUT2D eigenvalue weighted by Gasteiger charge is 2.31. The van der Waals surface area contributed by atoms with Crippen molar-refractivity contribution in [2.24, 2.45) is 5.92 Å². The predicted molar refractivity (Wildman–Crippen MR) is 133 cm³/mol. The SMILES string of the molecule is CCCC[C@H](NC(=O)OCC1c2ccccc2-c2ccccc21)C(=O)N[C@H]1C=CC[C@H](C(=O)O)C1. The molecule has 4 rings (SSSR count). The van der Waals surface area contributed by atoms with Gasteiger partial charge in [0.25, 0.3) is 0 Å². The van der Waals surface area contributed by atoms with Gasteiger partial charge in [0, 0.05) is 12.0 Å². The fraction of sp³-hybridized carbons (Fsp3) is 0.393. The summed E-state index contributed by atoms with van der Waals surface area (Å²) >= 11 is 0. The highest BCUT2D eigenvalue weighted by atomic mass is 16.5. The van der Waals surface area contributed by atoms with Crippen molar-refractivity contribution >= 4 is 18.0 Å². The number of nitrogens with one attached hydrogen (secondary N) is 2. The van der Waals surface area contributed by atoms with Crippen LogP contribution in [0.1, 0.15) is 56.1 Å². The topological polar surface area (TPSA) is 105 Å². The zero-order valence-corrected chi connectivity index (χ0v) is 19.9. The minimum Gasteiger partial charge on any atom is -0.481 e. The van der Waals surface area contributed by atoms with Gasteiger partial charge in [0.1, 0.15) is 12.6 Å². The first-order valence-corrected chi connectivity index (χ1v) is 12.3. The lowest BCUT2D eigenvalue weighted by molar-refractivity contribution is -0.142. The van der Waals surface area contributed by atoms with Crippen LogP contribution in [0.5, 0.6) is 0 Å². The molecule has 0 bridgehead atoms.